The molecule has 0 N–H and O–H groups in total. The Hall–Kier alpha value is -3.39. The maximum absolute atomic E-state index is 2.30. The van der Waals surface area contributed by atoms with Crippen molar-refractivity contribution in [1.82, 2.24) is 4.57 Å². The molecule has 0 unspecified atom stereocenters. The summed E-state index contributed by atoms with van der Waals surface area (Å²) in [6.45, 7) is 3.16. The van der Waals surface area contributed by atoms with Gasteiger partial charge in [0.25, 0.3) is 0 Å². The van der Waals surface area contributed by atoms with Crippen molar-refractivity contribution in [3.05, 3.63) is 90.1 Å². The Morgan fingerprint density at radius 2 is 1.54 bits per heavy atom. The van der Waals surface area contributed by atoms with Crippen LogP contribution in [0.3, 0.4) is 0 Å². The van der Waals surface area contributed by atoms with Crippen LogP contribution in [-0.4, -0.2) is 4.57 Å². The number of nitrogens with zero attached hydrogens (tertiary/aromatic N) is 2. The van der Waals surface area contributed by atoms with E-state index in [0.29, 0.717) is 0 Å². The zero-order valence-corrected chi connectivity index (χ0v) is 16.3. The molecule has 0 atom stereocenters. The molecular weight excluding hydrogens is 340 g/mol. The number of hydrogen-bond acceptors (Lipinski definition) is 0. The highest BCUT2D eigenvalue weighted by Gasteiger charge is 2.09. The standard InChI is InChI=1S/C26H23N2/c1-3-28-17-16-20(21-8-4-7-11-26(21)28)14-12-19-13-15-25-23(18-19)22-9-5-6-10-24(22)27(25)2/h4-18H,3H2,1-2H3/q+1. The van der Waals surface area contributed by atoms with Gasteiger partial charge >= 0.3 is 0 Å². The van der Waals surface area contributed by atoms with Crippen LogP contribution < -0.4 is 4.57 Å². The average Bonchev–Trinajstić information content (AvgIpc) is 3.04. The number of aryl methyl sites for hydroxylation is 2. The molecule has 28 heavy (non-hydrogen) atoms. The molecule has 0 saturated carbocycles. The van der Waals surface area contributed by atoms with Crippen molar-refractivity contribution < 1.29 is 4.57 Å². The Bertz CT molecular complexity index is 1360. The third kappa shape index (κ3) is 2.61. The van der Waals surface area contributed by atoms with E-state index in [4.69, 9.17) is 0 Å². The molecule has 5 rings (SSSR count). The number of para-hydroxylation sites is 2. The summed E-state index contributed by atoms with van der Waals surface area (Å²) in [6.07, 6.45) is 6.63. The second kappa shape index (κ2) is 6.65. The zero-order chi connectivity index (χ0) is 19.1. The van der Waals surface area contributed by atoms with Gasteiger partial charge in [-0.15, -0.1) is 0 Å². The molecule has 0 fully saturated rings. The van der Waals surface area contributed by atoms with Crippen molar-refractivity contribution in [2.75, 3.05) is 0 Å². The monoisotopic (exact) mass is 363 g/mol. The Kier molecular flexibility index (Phi) is 3.98. The Morgan fingerprint density at radius 3 is 2.39 bits per heavy atom. The first-order valence-corrected chi connectivity index (χ1v) is 9.82. The fourth-order valence-corrected chi connectivity index (χ4v) is 4.20. The summed E-state index contributed by atoms with van der Waals surface area (Å²) in [7, 11) is 2.14. The van der Waals surface area contributed by atoms with Crippen LogP contribution in [0.2, 0.25) is 0 Å². The van der Waals surface area contributed by atoms with E-state index in [1.54, 1.807) is 0 Å². The maximum Gasteiger partial charge on any atom is 0.213 e. The highest BCUT2D eigenvalue weighted by atomic mass is 14.9. The molecule has 2 aromatic heterocycles. The van der Waals surface area contributed by atoms with Crippen molar-refractivity contribution in [3.8, 4) is 0 Å². The summed E-state index contributed by atoms with van der Waals surface area (Å²) >= 11 is 0. The van der Waals surface area contributed by atoms with Gasteiger partial charge in [0.1, 0.15) is 6.54 Å². The lowest BCUT2D eigenvalue weighted by Crippen LogP contribution is -2.32. The van der Waals surface area contributed by atoms with Gasteiger partial charge < -0.3 is 4.57 Å². The summed E-state index contributed by atoms with van der Waals surface area (Å²) in [5.74, 6) is 0. The predicted octanol–water partition coefficient (Wildman–Crippen LogP) is 5.96. The lowest BCUT2D eigenvalue weighted by molar-refractivity contribution is -0.667. The molecule has 5 aromatic rings. The summed E-state index contributed by atoms with van der Waals surface area (Å²) in [6, 6.07) is 26.2. The molecule has 0 aliphatic carbocycles. The van der Waals surface area contributed by atoms with Gasteiger partial charge in [0.15, 0.2) is 6.20 Å². The highest BCUT2D eigenvalue weighted by Crippen LogP contribution is 2.29. The van der Waals surface area contributed by atoms with Crippen LogP contribution in [0.1, 0.15) is 18.1 Å². The molecular formula is C26H23N2+. The van der Waals surface area contributed by atoms with Gasteiger partial charge in [0, 0.05) is 41.0 Å². The summed E-state index contributed by atoms with van der Waals surface area (Å²) in [4.78, 5) is 0. The molecule has 2 heteroatoms. The fourth-order valence-electron chi connectivity index (χ4n) is 4.20. The van der Waals surface area contributed by atoms with E-state index in [0.717, 1.165) is 6.54 Å². The minimum absolute atomic E-state index is 0.974. The molecule has 0 aliphatic heterocycles. The van der Waals surface area contributed by atoms with Crippen LogP contribution in [0.5, 0.6) is 0 Å². The number of fused-ring (bicyclic) bond motifs is 4. The minimum atomic E-state index is 0.974. The Morgan fingerprint density at radius 1 is 0.786 bits per heavy atom. The van der Waals surface area contributed by atoms with Crippen LogP contribution in [0.25, 0.3) is 44.9 Å². The third-order valence-electron chi connectivity index (χ3n) is 5.69. The predicted molar refractivity (Wildman–Crippen MR) is 119 cm³/mol. The van der Waals surface area contributed by atoms with Crippen molar-refractivity contribution in [3.63, 3.8) is 0 Å². The molecule has 0 radical (unpaired) electrons. The number of aromatic nitrogens is 2. The number of benzene rings is 3. The van der Waals surface area contributed by atoms with Crippen molar-refractivity contribution in [2.24, 2.45) is 7.05 Å². The van der Waals surface area contributed by atoms with E-state index < -0.39 is 0 Å². The first-order chi connectivity index (χ1) is 13.8. The van der Waals surface area contributed by atoms with E-state index >= 15 is 0 Å². The van der Waals surface area contributed by atoms with Crippen molar-refractivity contribution in [2.45, 2.75) is 13.5 Å². The normalized spacial score (nSPS) is 11.9. The first-order valence-electron chi connectivity index (χ1n) is 9.82. The summed E-state index contributed by atoms with van der Waals surface area (Å²) in [5, 5.41) is 3.90. The SMILES string of the molecule is CC[n+]1ccc(/C=C/c2ccc3c(c2)c2ccccc2n3C)c2ccccc21. The molecule has 3 aromatic carbocycles. The van der Waals surface area contributed by atoms with E-state index in [2.05, 4.69) is 114 Å². The highest BCUT2D eigenvalue weighted by molar-refractivity contribution is 6.08. The quantitative estimate of drug-likeness (QED) is 0.350. The maximum atomic E-state index is 2.30. The minimum Gasteiger partial charge on any atom is -0.344 e. The van der Waals surface area contributed by atoms with Gasteiger partial charge in [-0.05, 0) is 42.3 Å². The largest absolute Gasteiger partial charge is 0.344 e. The second-order valence-corrected chi connectivity index (χ2v) is 7.26. The molecule has 0 saturated heterocycles. The lowest BCUT2D eigenvalue weighted by Gasteiger charge is -2.03. The zero-order valence-electron chi connectivity index (χ0n) is 16.3. The van der Waals surface area contributed by atoms with E-state index in [-0.39, 0.29) is 0 Å². The van der Waals surface area contributed by atoms with E-state index in [9.17, 15) is 0 Å². The molecule has 136 valence electrons. The summed E-state index contributed by atoms with van der Waals surface area (Å²) < 4.78 is 4.56. The van der Waals surface area contributed by atoms with E-state index in [1.165, 1.54) is 43.8 Å². The van der Waals surface area contributed by atoms with E-state index in [1.807, 2.05) is 0 Å². The van der Waals surface area contributed by atoms with Gasteiger partial charge in [-0.1, -0.05) is 48.6 Å². The average molecular weight is 363 g/mol. The molecule has 2 nitrogen and oxygen atoms in total. The summed E-state index contributed by atoms with van der Waals surface area (Å²) in [5.41, 5.74) is 6.29. The smallest absolute Gasteiger partial charge is 0.213 e. The van der Waals surface area contributed by atoms with Crippen molar-refractivity contribution in [1.29, 1.82) is 0 Å². The van der Waals surface area contributed by atoms with Gasteiger partial charge in [0.2, 0.25) is 5.52 Å². The number of hydrogen-bond donors (Lipinski definition) is 0. The molecule has 0 spiro atoms. The number of rotatable bonds is 3. The van der Waals surface area contributed by atoms with Gasteiger partial charge in [-0.2, -0.15) is 4.57 Å². The fraction of sp³-hybridized carbons (Fsp3) is 0.115. The van der Waals surface area contributed by atoms with Crippen LogP contribution in [0.4, 0.5) is 0 Å². The van der Waals surface area contributed by atoms with Crippen LogP contribution in [0.15, 0.2) is 79.0 Å². The molecule has 2 heterocycles. The van der Waals surface area contributed by atoms with Crippen LogP contribution in [-0.2, 0) is 13.6 Å². The van der Waals surface area contributed by atoms with Crippen LogP contribution in [0, 0.1) is 0 Å². The third-order valence-corrected chi connectivity index (χ3v) is 5.69. The van der Waals surface area contributed by atoms with Gasteiger partial charge in [-0.25, -0.2) is 0 Å². The van der Waals surface area contributed by atoms with Gasteiger partial charge in [-0.3, -0.25) is 0 Å². The number of pyridine rings is 1. The van der Waals surface area contributed by atoms with Crippen molar-refractivity contribution >= 4 is 44.9 Å². The molecule has 0 amide bonds. The lowest BCUT2D eigenvalue weighted by atomic mass is 10.1. The molecule has 0 bridgehead atoms. The second-order valence-electron chi connectivity index (χ2n) is 7.26. The van der Waals surface area contributed by atoms with Crippen LogP contribution >= 0.6 is 0 Å². The Balaban J connectivity index is 1.62. The molecule has 0 aliphatic rings. The Labute approximate surface area is 165 Å². The first kappa shape index (κ1) is 16.8. The topological polar surface area (TPSA) is 8.81 Å². The van der Waals surface area contributed by atoms with Gasteiger partial charge in [0.05, 0.1) is 5.39 Å².